The first-order chi connectivity index (χ1) is 9.97. The molecular formula is C19H22O2. The van der Waals surface area contributed by atoms with Gasteiger partial charge in [-0.15, -0.1) is 0 Å². The van der Waals surface area contributed by atoms with Gasteiger partial charge in [-0.05, 0) is 31.4 Å². The largest absolute Gasteiger partial charge is 0.481 e. The molecule has 0 saturated carbocycles. The maximum Gasteiger partial charge on any atom is 0.306 e. The van der Waals surface area contributed by atoms with Crippen molar-refractivity contribution in [3.8, 4) is 0 Å². The van der Waals surface area contributed by atoms with Crippen LogP contribution in [-0.4, -0.2) is 11.1 Å². The van der Waals surface area contributed by atoms with Crippen LogP contribution in [0.1, 0.15) is 35.1 Å². The molecule has 2 unspecified atom stereocenters. The fourth-order valence-corrected chi connectivity index (χ4v) is 2.55. The van der Waals surface area contributed by atoms with E-state index in [1.54, 1.807) is 6.92 Å². The highest BCUT2D eigenvalue weighted by molar-refractivity contribution is 5.71. The molecule has 1 N–H and O–H groups in total. The van der Waals surface area contributed by atoms with Crippen molar-refractivity contribution < 1.29 is 9.90 Å². The molecule has 0 spiro atoms. The molecule has 2 nitrogen and oxygen atoms in total. The number of aliphatic carboxylic acids is 1. The van der Waals surface area contributed by atoms with Crippen LogP contribution in [0.2, 0.25) is 0 Å². The quantitative estimate of drug-likeness (QED) is 0.885. The van der Waals surface area contributed by atoms with E-state index in [0.29, 0.717) is 0 Å². The smallest absolute Gasteiger partial charge is 0.306 e. The van der Waals surface area contributed by atoms with Crippen molar-refractivity contribution in [2.45, 2.75) is 33.1 Å². The zero-order valence-electron chi connectivity index (χ0n) is 12.8. The van der Waals surface area contributed by atoms with Crippen molar-refractivity contribution in [2.75, 3.05) is 0 Å². The maximum atomic E-state index is 11.4. The van der Waals surface area contributed by atoms with Crippen molar-refractivity contribution in [3.63, 3.8) is 0 Å². The Kier molecular flexibility index (Phi) is 4.79. The van der Waals surface area contributed by atoms with E-state index in [0.717, 1.165) is 12.0 Å². The van der Waals surface area contributed by atoms with Crippen LogP contribution in [0.5, 0.6) is 0 Å². The molecule has 0 aliphatic carbocycles. The number of benzene rings is 2. The minimum atomic E-state index is -0.743. The molecule has 0 bridgehead atoms. The second kappa shape index (κ2) is 6.57. The van der Waals surface area contributed by atoms with Gasteiger partial charge in [0.25, 0.3) is 0 Å². The van der Waals surface area contributed by atoms with Crippen molar-refractivity contribution in [3.05, 3.63) is 70.8 Å². The van der Waals surface area contributed by atoms with Gasteiger partial charge in [0.2, 0.25) is 0 Å². The van der Waals surface area contributed by atoms with Crippen LogP contribution in [0.4, 0.5) is 0 Å². The van der Waals surface area contributed by atoms with Gasteiger partial charge >= 0.3 is 5.97 Å². The van der Waals surface area contributed by atoms with E-state index < -0.39 is 11.9 Å². The molecule has 2 rings (SSSR count). The highest BCUT2D eigenvalue weighted by Crippen LogP contribution is 2.29. The monoisotopic (exact) mass is 282 g/mol. The molecule has 0 aliphatic rings. The lowest BCUT2D eigenvalue weighted by atomic mass is 9.82. The number of carboxylic acid groups (broad SMARTS) is 1. The molecule has 2 atom stereocenters. The Hall–Kier alpha value is -2.09. The van der Waals surface area contributed by atoms with Gasteiger partial charge in [0.15, 0.2) is 0 Å². The highest BCUT2D eigenvalue weighted by Gasteiger charge is 2.25. The Morgan fingerprint density at radius 2 is 1.43 bits per heavy atom. The number of carbonyl (C=O) groups is 1. The van der Waals surface area contributed by atoms with Crippen LogP contribution in [0.15, 0.2) is 48.5 Å². The first-order valence-electron chi connectivity index (χ1n) is 7.32. The van der Waals surface area contributed by atoms with Crippen LogP contribution in [-0.2, 0) is 11.2 Å². The lowest BCUT2D eigenvalue weighted by Crippen LogP contribution is -2.21. The summed E-state index contributed by atoms with van der Waals surface area (Å²) in [5.41, 5.74) is 4.68. The summed E-state index contributed by atoms with van der Waals surface area (Å²) >= 11 is 0. The van der Waals surface area contributed by atoms with Crippen molar-refractivity contribution >= 4 is 5.97 Å². The van der Waals surface area contributed by atoms with Gasteiger partial charge in [-0.25, -0.2) is 0 Å². The van der Waals surface area contributed by atoms with Crippen LogP contribution in [0, 0.1) is 19.8 Å². The Morgan fingerprint density at radius 3 is 1.90 bits per heavy atom. The molecule has 0 saturated heterocycles. The first kappa shape index (κ1) is 15.3. The third-order valence-corrected chi connectivity index (χ3v) is 4.07. The normalized spacial score (nSPS) is 13.7. The summed E-state index contributed by atoms with van der Waals surface area (Å²) < 4.78 is 0. The molecule has 21 heavy (non-hydrogen) atoms. The third kappa shape index (κ3) is 3.94. The van der Waals surface area contributed by atoms with E-state index in [1.165, 1.54) is 16.7 Å². The fraction of sp³-hybridized carbons (Fsp3) is 0.316. The topological polar surface area (TPSA) is 37.3 Å². The second-order valence-corrected chi connectivity index (χ2v) is 5.83. The Morgan fingerprint density at radius 1 is 0.952 bits per heavy atom. The minimum Gasteiger partial charge on any atom is -0.481 e. The second-order valence-electron chi connectivity index (χ2n) is 5.83. The van der Waals surface area contributed by atoms with Gasteiger partial charge in [-0.3, -0.25) is 4.79 Å². The first-order valence-corrected chi connectivity index (χ1v) is 7.32. The van der Waals surface area contributed by atoms with Crippen LogP contribution in [0.3, 0.4) is 0 Å². The third-order valence-electron chi connectivity index (χ3n) is 4.07. The molecule has 2 aromatic carbocycles. The summed E-state index contributed by atoms with van der Waals surface area (Å²) in [5.74, 6) is -1.16. The Bertz CT molecular complexity index is 596. The lowest BCUT2D eigenvalue weighted by Gasteiger charge is -2.22. The summed E-state index contributed by atoms with van der Waals surface area (Å²) in [6, 6.07) is 16.5. The van der Waals surface area contributed by atoms with Crippen LogP contribution < -0.4 is 0 Å². The molecule has 0 aromatic heterocycles. The predicted octanol–water partition coefficient (Wildman–Crippen LogP) is 4.35. The van der Waals surface area contributed by atoms with Gasteiger partial charge < -0.3 is 5.11 Å². The SMILES string of the molecule is Cc1ccc(CC(c2ccc(C)cc2)C(C)C(=O)O)cc1. The number of hydrogen-bond acceptors (Lipinski definition) is 1. The van der Waals surface area contributed by atoms with Gasteiger partial charge in [0.05, 0.1) is 5.92 Å². The average molecular weight is 282 g/mol. The van der Waals surface area contributed by atoms with Crippen molar-refractivity contribution in [1.82, 2.24) is 0 Å². The number of aryl methyl sites for hydroxylation is 2. The molecule has 0 radical (unpaired) electrons. The number of rotatable bonds is 5. The lowest BCUT2D eigenvalue weighted by molar-refractivity contribution is -0.141. The predicted molar refractivity (Wildman–Crippen MR) is 85.6 cm³/mol. The van der Waals surface area contributed by atoms with E-state index >= 15 is 0 Å². The van der Waals surface area contributed by atoms with E-state index in [-0.39, 0.29) is 5.92 Å². The zero-order valence-corrected chi connectivity index (χ0v) is 12.8. The molecule has 2 heteroatoms. The van der Waals surface area contributed by atoms with Gasteiger partial charge in [0.1, 0.15) is 0 Å². The van der Waals surface area contributed by atoms with E-state index in [1.807, 2.05) is 31.2 Å². The number of hydrogen-bond donors (Lipinski definition) is 1. The molecule has 0 heterocycles. The maximum absolute atomic E-state index is 11.4. The molecule has 0 fully saturated rings. The molecule has 0 aliphatic heterocycles. The fourth-order valence-electron chi connectivity index (χ4n) is 2.55. The Balaban J connectivity index is 2.29. The van der Waals surface area contributed by atoms with Gasteiger partial charge in [0, 0.05) is 5.92 Å². The molecule has 110 valence electrons. The van der Waals surface area contributed by atoms with Gasteiger partial charge in [-0.2, -0.15) is 0 Å². The molecular weight excluding hydrogens is 260 g/mol. The molecule has 2 aromatic rings. The summed E-state index contributed by atoms with van der Waals surface area (Å²) in [6.45, 7) is 5.89. The summed E-state index contributed by atoms with van der Waals surface area (Å²) in [4.78, 5) is 11.4. The van der Waals surface area contributed by atoms with Crippen molar-refractivity contribution in [1.29, 1.82) is 0 Å². The van der Waals surface area contributed by atoms with E-state index in [9.17, 15) is 9.90 Å². The van der Waals surface area contributed by atoms with E-state index in [2.05, 4.69) is 31.2 Å². The van der Waals surface area contributed by atoms with Crippen LogP contribution >= 0.6 is 0 Å². The zero-order chi connectivity index (χ0) is 15.4. The summed E-state index contributed by atoms with van der Waals surface area (Å²) in [6.07, 6.45) is 0.747. The summed E-state index contributed by atoms with van der Waals surface area (Å²) in [5, 5.41) is 9.39. The van der Waals surface area contributed by atoms with E-state index in [4.69, 9.17) is 0 Å². The summed E-state index contributed by atoms with van der Waals surface area (Å²) in [7, 11) is 0. The highest BCUT2D eigenvalue weighted by atomic mass is 16.4. The van der Waals surface area contributed by atoms with Gasteiger partial charge in [-0.1, -0.05) is 66.6 Å². The number of carboxylic acids is 1. The Labute approximate surface area is 126 Å². The molecule has 0 amide bonds. The average Bonchev–Trinajstić information content (AvgIpc) is 2.47. The standard InChI is InChI=1S/C19H22O2/c1-13-4-8-16(9-5-13)12-18(15(3)19(20)21)17-10-6-14(2)7-11-17/h4-11,15,18H,12H2,1-3H3,(H,20,21). The van der Waals surface area contributed by atoms with Crippen molar-refractivity contribution in [2.24, 2.45) is 5.92 Å². The van der Waals surface area contributed by atoms with Crippen LogP contribution in [0.25, 0.3) is 0 Å². The minimum absolute atomic E-state index is 0.00851.